The molecule has 0 bridgehead atoms. The number of nitrogens with zero attached hydrogens (tertiary/aromatic N) is 3. The van der Waals surface area contributed by atoms with Crippen LogP contribution in [0.2, 0.25) is 0 Å². The molecule has 1 aromatic heterocycles. The van der Waals surface area contributed by atoms with Crippen molar-refractivity contribution in [2.45, 2.75) is 38.4 Å². The van der Waals surface area contributed by atoms with Crippen LogP contribution in [0.5, 0.6) is 0 Å². The summed E-state index contributed by atoms with van der Waals surface area (Å²) in [5.74, 6) is 0.768. The molecule has 1 aliphatic heterocycles. The van der Waals surface area contributed by atoms with Gasteiger partial charge in [-0.15, -0.1) is 0 Å². The number of hydrogen-bond acceptors (Lipinski definition) is 4. The summed E-state index contributed by atoms with van der Waals surface area (Å²) in [4.78, 5) is 16.2. The van der Waals surface area contributed by atoms with Crippen molar-refractivity contribution >= 4 is 5.91 Å². The predicted molar refractivity (Wildman–Crippen MR) is 70.0 cm³/mol. The molecule has 0 radical (unpaired) electrons. The van der Waals surface area contributed by atoms with Crippen molar-refractivity contribution in [3.63, 3.8) is 0 Å². The van der Waals surface area contributed by atoms with Crippen LogP contribution in [-0.2, 0) is 11.3 Å². The molecule has 0 aromatic carbocycles. The topological polar surface area (TPSA) is 60.5 Å². The molecule has 2 heterocycles. The number of amides is 1. The monoisotopic (exact) mass is 261 g/mol. The average Bonchev–Trinajstić information content (AvgIpc) is 2.84. The zero-order chi connectivity index (χ0) is 14.0. The molecule has 0 aliphatic carbocycles. The molecule has 5 nitrogen and oxygen atoms in total. The summed E-state index contributed by atoms with van der Waals surface area (Å²) in [6.07, 6.45) is 1.82. The molecule has 1 fully saturated rings. The van der Waals surface area contributed by atoms with Crippen molar-refractivity contribution in [1.82, 2.24) is 9.80 Å². The standard InChI is InChI=1S/C14H19N3O2/c1-14(2)10-17(9-11-5-4-8-19-11)13(18)12(6-7-15)16(14)3/h4-5,8,12H,6,9-10H2,1-3H3. The molecular formula is C14H19N3O2. The number of piperazine rings is 1. The van der Waals surface area contributed by atoms with Gasteiger partial charge in [0.2, 0.25) is 5.91 Å². The van der Waals surface area contributed by atoms with Crippen molar-refractivity contribution in [2.24, 2.45) is 0 Å². The van der Waals surface area contributed by atoms with Gasteiger partial charge in [0, 0.05) is 12.1 Å². The first kappa shape index (κ1) is 13.6. The van der Waals surface area contributed by atoms with Crippen molar-refractivity contribution in [3.05, 3.63) is 24.2 Å². The zero-order valence-corrected chi connectivity index (χ0v) is 11.6. The fraction of sp³-hybridized carbons (Fsp3) is 0.571. The van der Waals surface area contributed by atoms with E-state index in [9.17, 15) is 4.79 Å². The van der Waals surface area contributed by atoms with Crippen LogP contribution in [0.4, 0.5) is 0 Å². The maximum atomic E-state index is 12.4. The van der Waals surface area contributed by atoms with Crippen LogP contribution in [0.15, 0.2) is 22.8 Å². The Bertz CT molecular complexity index is 487. The minimum atomic E-state index is -0.372. The summed E-state index contributed by atoms with van der Waals surface area (Å²) in [6.45, 7) is 5.26. The molecule has 1 saturated heterocycles. The number of carbonyl (C=O) groups excluding carboxylic acids is 1. The van der Waals surface area contributed by atoms with Gasteiger partial charge >= 0.3 is 0 Å². The van der Waals surface area contributed by atoms with Gasteiger partial charge < -0.3 is 9.32 Å². The second-order valence-electron chi connectivity index (χ2n) is 5.58. The lowest BCUT2D eigenvalue weighted by atomic mass is 9.94. The Balaban J connectivity index is 2.20. The van der Waals surface area contributed by atoms with Gasteiger partial charge in [-0.2, -0.15) is 5.26 Å². The van der Waals surface area contributed by atoms with Crippen LogP contribution in [0.3, 0.4) is 0 Å². The Morgan fingerprint density at radius 2 is 2.32 bits per heavy atom. The van der Waals surface area contributed by atoms with Gasteiger partial charge in [-0.05, 0) is 33.0 Å². The van der Waals surface area contributed by atoms with Crippen LogP contribution in [0.1, 0.15) is 26.0 Å². The van der Waals surface area contributed by atoms with E-state index in [0.29, 0.717) is 13.1 Å². The predicted octanol–water partition coefficient (Wildman–Crippen LogP) is 1.61. The summed E-state index contributed by atoms with van der Waals surface area (Å²) < 4.78 is 5.30. The normalized spacial score (nSPS) is 23.4. The van der Waals surface area contributed by atoms with E-state index < -0.39 is 0 Å². The number of likely N-dealkylation sites (N-methyl/N-ethyl adjacent to an activating group) is 1. The molecule has 19 heavy (non-hydrogen) atoms. The Labute approximate surface area is 113 Å². The largest absolute Gasteiger partial charge is 0.467 e. The molecule has 0 N–H and O–H groups in total. The molecule has 1 atom stereocenters. The fourth-order valence-corrected chi connectivity index (χ4v) is 2.49. The Kier molecular flexibility index (Phi) is 3.63. The van der Waals surface area contributed by atoms with Gasteiger partial charge in [0.15, 0.2) is 0 Å². The molecule has 1 aromatic rings. The van der Waals surface area contributed by atoms with E-state index in [4.69, 9.17) is 9.68 Å². The van der Waals surface area contributed by atoms with Gasteiger partial charge in [-0.3, -0.25) is 9.69 Å². The van der Waals surface area contributed by atoms with Gasteiger partial charge in [-0.1, -0.05) is 0 Å². The van der Waals surface area contributed by atoms with Crippen molar-refractivity contribution < 1.29 is 9.21 Å². The van der Waals surface area contributed by atoms with Crippen LogP contribution >= 0.6 is 0 Å². The quantitative estimate of drug-likeness (QED) is 0.829. The van der Waals surface area contributed by atoms with Gasteiger partial charge in [0.05, 0.1) is 25.3 Å². The van der Waals surface area contributed by atoms with E-state index in [1.807, 2.05) is 24.1 Å². The third kappa shape index (κ3) is 2.64. The van der Waals surface area contributed by atoms with Crippen molar-refractivity contribution in [3.8, 4) is 6.07 Å². The summed E-state index contributed by atoms with van der Waals surface area (Å²) in [7, 11) is 1.91. The van der Waals surface area contributed by atoms with E-state index in [1.54, 1.807) is 11.2 Å². The van der Waals surface area contributed by atoms with Gasteiger partial charge in [-0.25, -0.2) is 0 Å². The van der Waals surface area contributed by atoms with E-state index in [0.717, 1.165) is 5.76 Å². The minimum Gasteiger partial charge on any atom is -0.467 e. The molecule has 102 valence electrons. The zero-order valence-electron chi connectivity index (χ0n) is 11.6. The van der Waals surface area contributed by atoms with Gasteiger partial charge in [0.25, 0.3) is 0 Å². The molecular weight excluding hydrogens is 242 g/mol. The summed E-state index contributed by atoms with van der Waals surface area (Å²) >= 11 is 0. The first-order valence-corrected chi connectivity index (χ1v) is 6.37. The highest BCUT2D eigenvalue weighted by atomic mass is 16.3. The highest BCUT2D eigenvalue weighted by Crippen LogP contribution is 2.27. The Morgan fingerprint density at radius 3 is 2.89 bits per heavy atom. The molecule has 2 rings (SSSR count). The fourth-order valence-electron chi connectivity index (χ4n) is 2.49. The van der Waals surface area contributed by atoms with Crippen LogP contribution in [0.25, 0.3) is 0 Å². The van der Waals surface area contributed by atoms with E-state index >= 15 is 0 Å². The number of rotatable bonds is 3. The highest BCUT2D eigenvalue weighted by molar-refractivity contribution is 5.83. The highest BCUT2D eigenvalue weighted by Gasteiger charge is 2.42. The number of nitriles is 1. The van der Waals surface area contributed by atoms with Crippen LogP contribution in [-0.4, -0.2) is 40.9 Å². The first-order valence-electron chi connectivity index (χ1n) is 6.37. The lowest BCUT2D eigenvalue weighted by Gasteiger charge is -2.48. The summed E-state index contributed by atoms with van der Waals surface area (Å²) in [6, 6.07) is 5.40. The number of hydrogen-bond donors (Lipinski definition) is 0. The lowest BCUT2D eigenvalue weighted by Crippen LogP contribution is -2.64. The van der Waals surface area contributed by atoms with E-state index in [1.165, 1.54) is 0 Å². The molecule has 0 spiro atoms. The van der Waals surface area contributed by atoms with Gasteiger partial charge in [0.1, 0.15) is 11.8 Å². The maximum Gasteiger partial charge on any atom is 0.241 e. The van der Waals surface area contributed by atoms with Crippen molar-refractivity contribution in [2.75, 3.05) is 13.6 Å². The smallest absolute Gasteiger partial charge is 0.241 e. The number of carbonyl (C=O) groups is 1. The lowest BCUT2D eigenvalue weighted by molar-refractivity contribution is -0.149. The molecule has 1 aliphatic rings. The minimum absolute atomic E-state index is 0.000208. The Hall–Kier alpha value is -1.80. The molecule has 1 amide bonds. The molecule has 0 saturated carbocycles. The second-order valence-corrected chi connectivity index (χ2v) is 5.58. The third-order valence-corrected chi connectivity index (χ3v) is 3.81. The molecule has 5 heteroatoms. The third-order valence-electron chi connectivity index (χ3n) is 3.81. The maximum absolute atomic E-state index is 12.4. The first-order chi connectivity index (χ1) is 8.95. The van der Waals surface area contributed by atoms with Crippen molar-refractivity contribution in [1.29, 1.82) is 5.26 Å². The summed E-state index contributed by atoms with van der Waals surface area (Å²) in [5, 5.41) is 8.90. The van der Waals surface area contributed by atoms with Crippen LogP contribution < -0.4 is 0 Å². The van der Waals surface area contributed by atoms with Crippen LogP contribution in [0, 0.1) is 11.3 Å². The van der Waals surface area contributed by atoms with E-state index in [-0.39, 0.29) is 23.9 Å². The van der Waals surface area contributed by atoms with E-state index in [2.05, 4.69) is 19.9 Å². The SMILES string of the molecule is CN1C(CC#N)C(=O)N(Cc2ccco2)CC1(C)C. The molecule has 1 unspecified atom stereocenters. The average molecular weight is 261 g/mol. The Morgan fingerprint density at radius 1 is 1.58 bits per heavy atom. The summed E-state index contributed by atoms with van der Waals surface area (Å²) in [5.41, 5.74) is -0.151. The number of furan rings is 1. The second kappa shape index (κ2) is 5.06.